The predicted molar refractivity (Wildman–Crippen MR) is 43.2 cm³/mol. The van der Waals surface area contributed by atoms with E-state index in [2.05, 4.69) is 10.6 Å². The first-order chi connectivity index (χ1) is 5.07. The molecule has 0 saturated heterocycles. The summed E-state index contributed by atoms with van der Waals surface area (Å²) in [5, 5.41) is 14.2. The van der Waals surface area contributed by atoms with Gasteiger partial charge in [-0.15, -0.1) is 0 Å². The molecule has 0 radical (unpaired) electrons. The van der Waals surface area contributed by atoms with Crippen molar-refractivity contribution in [2.75, 3.05) is 13.6 Å². The number of likely N-dealkylation sites (N-methyl/N-ethyl adjacent to an activating group) is 1. The molecule has 1 amide bonds. The molecule has 0 aliphatic rings. The van der Waals surface area contributed by atoms with Crippen LogP contribution in [0.2, 0.25) is 0 Å². The highest BCUT2D eigenvalue weighted by Gasteiger charge is 2.09. The minimum atomic E-state index is -0.415. The maximum absolute atomic E-state index is 10.9. The number of carbonyl (C=O) groups excluding carboxylic acids is 1. The second-order valence-corrected chi connectivity index (χ2v) is 2.59. The highest BCUT2D eigenvalue weighted by atomic mass is 16.3. The lowest BCUT2D eigenvalue weighted by molar-refractivity contribution is -0.122. The Hall–Kier alpha value is -0.610. The third kappa shape index (κ3) is 4.75. The number of hydrogen-bond acceptors (Lipinski definition) is 3. The quantitative estimate of drug-likeness (QED) is 0.499. The first kappa shape index (κ1) is 10.4. The molecule has 0 rings (SSSR count). The van der Waals surface area contributed by atoms with Crippen LogP contribution in [0, 0.1) is 0 Å². The molecule has 0 saturated carbocycles. The fraction of sp³-hybridized carbons (Fsp3) is 0.857. The van der Waals surface area contributed by atoms with Crippen LogP contribution in [0.3, 0.4) is 0 Å². The number of aliphatic hydroxyl groups excluding tert-OH is 1. The Morgan fingerprint density at radius 1 is 1.55 bits per heavy atom. The Bertz CT molecular complexity index is 126. The Balaban J connectivity index is 3.52. The van der Waals surface area contributed by atoms with Crippen molar-refractivity contribution in [3.63, 3.8) is 0 Å². The molecule has 0 fully saturated rings. The van der Waals surface area contributed by atoms with Gasteiger partial charge in [0.05, 0.1) is 12.1 Å². The van der Waals surface area contributed by atoms with E-state index in [-0.39, 0.29) is 11.9 Å². The lowest BCUT2D eigenvalue weighted by atomic mass is 10.3. The molecule has 0 spiro atoms. The summed E-state index contributed by atoms with van der Waals surface area (Å²) in [6, 6.07) is -0.241. The Labute approximate surface area is 67.0 Å². The number of amides is 1. The number of nitrogens with one attached hydrogen (secondary N) is 2. The van der Waals surface area contributed by atoms with E-state index in [1.54, 1.807) is 20.9 Å². The maximum Gasteiger partial charge on any atom is 0.236 e. The van der Waals surface area contributed by atoms with Crippen LogP contribution in [-0.4, -0.2) is 36.8 Å². The van der Waals surface area contributed by atoms with Crippen LogP contribution in [-0.2, 0) is 4.79 Å². The summed E-state index contributed by atoms with van der Waals surface area (Å²) in [5.41, 5.74) is 0. The van der Waals surface area contributed by atoms with Crippen molar-refractivity contribution in [3.8, 4) is 0 Å². The largest absolute Gasteiger partial charge is 0.392 e. The van der Waals surface area contributed by atoms with Crippen molar-refractivity contribution in [3.05, 3.63) is 0 Å². The van der Waals surface area contributed by atoms with Gasteiger partial charge in [-0.1, -0.05) is 0 Å². The molecule has 3 N–H and O–H groups in total. The second-order valence-electron chi connectivity index (χ2n) is 2.59. The van der Waals surface area contributed by atoms with Crippen LogP contribution in [0.1, 0.15) is 13.8 Å². The molecule has 1 unspecified atom stereocenters. The third-order valence-corrected chi connectivity index (χ3v) is 1.36. The molecule has 66 valence electrons. The molecule has 11 heavy (non-hydrogen) atoms. The molecule has 0 aromatic carbocycles. The van der Waals surface area contributed by atoms with Gasteiger partial charge in [-0.2, -0.15) is 0 Å². The fourth-order valence-corrected chi connectivity index (χ4v) is 0.657. The van der Waals surface area contributed by atoms with E-state index in [4.69, 9.17) is 5.11 Å². The first-order valence-corrected chi connectivity index (χ1v) is 3.71. The van der Waals surface area contributed by atoms with Crippen LogP contribution in [0.4, 0.5) is 0 Å². The van der Waals surface area contributed by atoms with Gasteiger partial charge in [0.15, 0.2) is 0 Å². The highest BCUT2D eigenvalue weighted by Crippen LogP contribution is 1.82. The monoisotopic (exact) mass is 160 g/mol. The number of rotatable bonds is 4. The summed E-state index contributed by atoms with van der Waals surface area (Å²) in [6.45, 7) is 3.86. The Morgan fingerprint density at radius 2 is 2.09 bits per heavy atom. The van der Waals surface area contributed by atoms with Gasteiger partial charge in [0.25, 0.3) is 0 Å². The molecular weight excluding hydrogens is 144 g/mol. The van der Waals surface area contributed by atoms with E-state index in [9.17, 15) is 4.79 Å². The van der Waals surface area contributed by atoms with E-state index in [0.717, 1.165) is 0 Å². The van der Waals surface area contributed by atoms with Gasteiger partial charge < -0.3 is 15.7 Å². The minimum absolute atomic E-state index is 0.0642. The Morgan fingerprint density at radius 3 is 2.45 bits per heavy atom. The van der Waals surface area contributed by atoms with Gasteiger partial charge in [0.2, 0.25) is 5.91 Å². The molecule has 0 aliphatic carbocycles. The van der Waals surface area contributed by atoms with Crippen LogP contribution < -0.4 is 10.6 Å². The van der Waals surface area contributed by atoms with Crippen LogP contribution in [0.5, 0.6) is 0 Å². The summed E-state index contributed by atoms with van der Waals surface area (Å²) in [6.07, 6.45) is -0.415. The van der Waals surface area contributed by atoms with Crippen molar-refractivity contribution in [2.45, 2.75) is 26.0 Å². The van der Waals surface area contributed by atoms with Gasteiger partial charge in [0.1, 0.15) is 0 Å². The normalized spacial score (nSPS) is 15.6. The first-order valence-electron chi connectivity index (χ1n) is 3.71. The third-order valence-electron chi connectivity index (χ3n) is 1.36. The topological polar surface area (TPSA) is 61.4 Å². The fourth-order valence-electron chi connectivity index (χ4n) is 0.657. The van der Waals surface area contributed by atoms with Gasteiger partial charge >= 0.3 is 0 Å². The molecule has 4 heteroatoms. The average Bonchev–Trinajstić information content (AvgIpc) is 1.98. The van der Waals surface area contributed by atoms with E-state index in [0.29, 0.717) is 6.54 Å². The van der Waals surface area contributed by atoms with Gasteiger partial charge in [-0.3, -0.25) is 4.79 Å². The maximum atomic E-state index is 10.9. The van der Waals surface area contributed by atoms with Crippen molar-refractivity contribution >= 4 is 5.91 Å². The summed E-state index contributed by atoms with van der Waals surface area (Å²) in [4.78, 5) is 10.9. The average molecular weight is 160 g/mol. The van der Waals surface area contributed by atoms with Crippen LogP contribution >= 0.6 is 0 Å². The van der Waals surface area contributed by atoms with Crippen LogP contribution in [0.15, 0.2) is 0 Å². The number of carbonyl (C=O) groups is 1. The molecule has 0 aromatic rings. The van der Waals surface area contributed by atoms with Crippen LogP contribution in [0.25, 0.3) is 0 Å². The summed E-state index contributed by atoms with van der Waals surface area (Å²) >= 11 is 0. The van der Waals surface area contributed by atoms with Crippen molar-refractivity contribution < 1.29 is 9.90 Å². The smallest absolute Gasteiger partial charge is 0.236 e. The highest BCUT2D eigenvalue weighted by molar-refractivity contribution is 5.80. The van der Waals surface area contributed by atoms with Crippen molar-refractivity contribution in [2.24, 2.45) is 0 Å². The standard InChI is InChI=1S/C7H16N2O2/c1-5(10)4-9-6(2)7(11)8-3/h5-6,9-10H,4H2,1-3H3,(H,8,11)/t5-,6?/m1/s1. The van der Waals surface area contributed by atoms with E-state index in [1.165, 1.54) is 0 Å². The van der Waals surface area contributed by atoms with E-state index >= 15 is 0 Å². The van der Waals surface area contributed by atoms with E-state index in [1.807, 2.05) is 0 Å². The molecule has 0 aliphatic heterocycles. The summed E-state index contributed by atoms with van der Waals surface area (Å²) < 4.78 is 0. The van der Waals surface area contributed by atoms with Gasteiger partial charge in [-0.05, 0) is 13.8 Å². The zero-order valence-electron chi connectivity index (χ0n) is 7.22. The lowest BCUT2D eigenvalue weighted by Crippen LogP contribution is -2.43. The number of aliphatic hydroxyl groups is 1. The summed E-state index contributed by atoms with van der Waals surface area (Å²) in [7, 11) is 1.59. The zero-order valence-corrected chi connectivity index (χ0v) is 7.22. The molecule has 4 nitrogen and oxygen atoms in total. The van der Waals surface area contributed by atoms with Gasteiger partial charge in [0, 0.05) is 13.6 Å². The zero-order chi connectivity index (χ0) is 8.85. The van der Waals surface area contributed by atoms with Crippen molar-refractivity contribution in [1.29, 1.82) is 0 Å². The predicted octanol–water partition coefficient (Wildman–Crippen LogP) is -0.909. The molecule has 0 bridgehead atoms. The van der Waals surface area contributed by atoms with Crippen molar-refractivity contribution in [1.82, 2.24) is 10.6 Å². The number of hydrogen-bond donors (Lipinski definition) is 3. The van der Waals surface area contributed by atoms with Gasteiger partial charge in [-0.25, -0.2) is 0 Å². The minimum Gasteiger partial charge on any atom is -0.392 e. The second kappa shape index (κ2) is 5.09. The van der Waals surface area contributed by atoms with E-state index < -0.39 is 6.10 Å². The molecule has 0 heterocycles. The lowest BCUT2D eigenvalue weighted by Gasteiger charge is -2.12. The molecule has 0 aromatic heterocycles. The molecular formula is C7H16N2O2. The molecule has 2 atom stereocenters. The summed E-state index contributed by atoms with van der Waals surface area (Å²) in [5.74, 6) is -0.0642. The SMILES string of the molecule is CNC(=O)C(C)NC[C@@H](C)O. The Kier molecular flexibility index (Phi) is 4.81.